The summed E-state index contributed by atoms with van der Waals surface area (Å²) < 4.78 is 18.7. The predicted octanol–water partition coefficient (Wildman–Crippen LogP) is 2.74. The molecule has 2 aliphatic heterocycles. The van der Waals surface area contributed by atoms with Crippen LogP contribution in [0.1, 0.15) is 42.9 Å². The zero-order chi connectivity index (χ0) is 19.5. The van der Waals surface area contributed by atoms with Gasteiger partial charge in [-0.1, -0.05) is 0 Å². The first-order chi connectivity index (χ1) is 13.6. The maximum Gasteiger partial charge on any atom is 0.219 e. The van der Waals surface area contributed by atoms with Gasteiger partial charge in [0, 0.05) is 44.7 Å². The van der Waals surface area contributed by atoms with Crippen molar-refractivity contribution in [2.75, 3.05) is 26.2 Å². The van der Waals surface area contributed by atoms with Gasteiger partial charge in [-0.05, 0) is 43.7 Å². The van der Waals surface area contributed by atoms with E-state index in [2.05, 4.69) is 9.88 Å². The lowest BCUT2D eigenvalue weighted by molar-refractivity contribution is -0.129. The number of rotatable bonds is 5. The highest BCUT2D eigenvalue weighted by Crippen LogP contribution is 2.30. The van der Waals surface area contributed by atoms with Crippen molar-refractivity contribution < 1.29 is 13.9 Å². The molecule has 3 heterocycles. The summed E-state index contributed by atoms with van der Waals surface area (Å²) in [7, 11) is 0. The average Bonchev–Trinajstić information content (AvgIpc) is 3.17. The highest BCUT2D eigenvalue weighted by atomic mass is 19.1. The van der Waals surface area contributed by atoms with E-state index in [1.165, 1.54) is 12.1 Å². The van der Waals surface area contributed by atoms with Crippen LogP contribution in [0.5, 0.6) is 5.75 Å². The van der Waals surface area contributed by atoms with E-state index in [1.807, 2.05) is 11.1 Å². The topological polar surface area (TPSA) is 58.6 Å². The van der Waals surface area contributed by atoms with Crippen molar-refractivity contribution in [3.63, 3.8) is 0 Å². The van der Waals surface area contributed by atoms with Crippen molar-refractivity contribution in [3.05, 3.63) is 53.4 Å². The molecule has 0 unspecified atom stereocenters. The normalized spacial score (nSPS) is 19.5. The van der Waals surface area contributed by atoms with Gasteiger partial charge < -0.3 is 9.64 Å². The molecule has 148 valence electrons. The van der Waals surface area contributed by atoms with Crippen LogP contribution in [0.3, 0.4) is 0 Å². The van der Waals surface area contributed by atoms with Crippen LogP contribution in [0.25, 0.3) is 0 Å². The number of benzene rings is 1. The minimum atomic E-state index is -0.261. The molecule has 1 aromatic carbocycles. The van der Waals surface area contributed by atoms with Gasteiger partial charge >= 0.3 is 0 Å². The van der Waals surface area contributed by atoms with Gasteiger partial charge in [-0.15, -0.1) is 0 Å². The molecule has 1 aromatic heterocycles. The minimum absolute atomic E-state index is 0.0952. The van der Waals surface area contributed by atoms with E-state index in [4.69, 9.17) is 9.72 Å². The van der Waals surface area contributed by atoms with Crippen LogP contribution >= 0.6 is 0 Å². The molecule has 4 rings (SSSR count). The van der Waals surface area contributed by atoms with Gasteiger partial charge in [0.2, 0.25) is 5.91 Å². The Balaban J connectivity index is 1.38. The summed E-state index contributed by atoms with van der Waals surface area (Å²) in [6.07, 6.45) is 4.82. The van der Waals surface area contributed by atoms with Crippen molar-refractivity contribution >= 4 is 5.91 Å². The third-order valence-corrected chi connectivity index (χ3v) is 5.52. The Bertz CT molecular complexity index is 843. The maximum atomic E-state index is 13.0. The van der Waals surface area contributed by atoms with Gasteiger partial charge in [0.05, 0.1) is 11.7 Å². The van der Waals surface area contributed by atoms with Crippen LogP contribution in [-0.2, 0) is 17.8 Å². The molecule has 7 heteroatoms. The third kappa shape index (κ3) is 4.14. The van der Waals surface area contributed by atoms with Crippen molar-refractivity contribution in [3.8, 4) is 5.75 Å². The van der Waals surface area contributed by atoms with E-state index >= 15 is 0 Å². The number of amides is 1. The first-order valence-corrected chi connectivity index (χ1v) is 9.83. The molecular formula is C21H25FN4O2. The minimum Gasteiger partial charge on any atom is -0.492 e. The van der Waals surface area contributed by atoms with Gasteiger partial charge in [-0.3, -0.25) is 9.69 Å². The summed E-state index contributed by atoms with van der Waals surface area (Å²) in [5, 5.41) is 0. The van der Waals surface area contributed by atoms with Crippen LogP contribution in [0.15, 0.2) is 30.5 Å². The fourth-order valence-electron chi connectivity index (χ4n) is 3.96. The molecule has 0 N–H and O–H groups in total. The van der Waals surface area contributed by atoms with Crippen molar-refractivity contribution in [2.24, 2.45) is 0 Å². The molecule has 2 aromatic rings. The number of likely N-dealkylation sites (tertiary alicyclic amines) is 1. The second kappa shape index (κ2) is 8.22. The molecule has 1 fully saturated rings. The lowest BCUT2D eigenvalue weighted by Crippen LogP contribution is -2.35. The van der Waals surface area contributed by atoms with Gasteiger partial charge in [0.15, 0.2) is 0 Å². The Kier molecular flexibility index (Phi) is 5.52. The number of halogens is 1. The zero-order valence-corrected chi connectivity index (χ0v) is 16.1. The fourth-order valence-corrected chi connectivity index (χ4v) is 3.96. The molecule has 1 saturated heterocycles. The lowest BCUT2D eigenvalue weighted by Gasteiger charge is -2.28. The van der Waals surface area contributed by atoms with Crippen molar-refractivity contribution in [1.82, 2.24) is 19.8 Å². The summed E-state index contributed by atoms with van der Waals surface area (Å²) in [5.74, 6) is 1.38. The second-order valence-electron chi connectivity index (χ2n) is 7.39. The summed E-state index contributed by atoms with van der Waals surface area (Å²) in [6.45, 7) is 5.24. The summed E-state index contributed by atoms with van der Waals surface area (Å²) >= 11 is 0. The first-order valence-electron chi connectivity index (χ1n) is 9.83. The van der Waals surface area contributed by atoms with E-state index in [9.17, 15) is 9.18 Å². The van der Waals surface area contributed by atoms with Crippen LogP contribution in [0.4, 0.5) is 4.39 Å². The van der Waals surface area contributed by atoms with Crippen LogP contribution < -0.4 is 4.74 Å². The van der Waals surface area contributed by atoms with Gasteiger partial charge in [-0.2, -0.15) is 0 Å². The molecule has 0 spiro atoms. The molecule has 2 aliphatic rings. The molecule has 0 bridgehead atoms. The second-order valence-corrected chi connectivity index (χ2v) is 7.39. The van der Waals surface area contributed by atoms with Crippen molar-refractivity contribution in [2.45, 2.75) is 38.8 Å². The Morgan fingerprint density at radius 3 is 2.89 bits per heavy atom. The molecule has 6 nitrogen and oxygen atoms in total. The largest absolute Gasteiger partial charge is 0.492 e. The van der Waals surface area contributed by atoms with Gasteiger partial charge in [-0.25, -0.2) is 14.4 Å². The van der Waals surface area contributed by atoms with Crippen molar-refractivity contribution in [1.29, 1.82) is 0 Å². The highest BCUT2D eigenvalue weighted by Gasteiger charge is 2.29. The predicted molar refractivity (Wildman–Crippen MR) is 102 cm³/mol. The molecule has 0 radical (unpaired) electrons. The SMILES string of the molecule is CC(=O)N1CCc2nc([C@@H]3CCCN3CCOc3ccc(F)cc3)ncc2C1. The Morgan fingerprint density at radius 2 is 2.11 bits per heavy atom. The van der Waals surface area contributed by atoms with Gasteiger partial charge in [0.1, 0.15) is 24.0 Å². The zero-order valence-electron chi connectivity index (χ0n) is 16.1. The molecule has 0 aliphatic carbocycles. The lowest BCUT2D eigenvalue weighted by atomic mass is 10.1. The van der Waals surface area contributed by atoms with Crippen LogP contribution in [0, 0.1) is 5.82 Å². The maximum absolute atomic E-state index is 13.0. The number of hydrogen-bond donors (Lipinski definition) is 0. The third-order valence-electron chi connectivity index (χ3n) is 5.52. The van der Waals surface area contributed by atoms with Crippen LogP contribution in [-0.4, -0.2) is 51.9 Å². The number of aromatic nitrogens is 2. The van der Waals surface area contributed by atoms with E-state index in [0.717, 1.165) is 56.0 Å². The average molecular weight is 384 g/mol. The van der Waals surface area contributed by atoms with E-state index in [1.54, 1.807) is 19.1 Å². The molecule has 28 heavy (non-hydrogen) atoms. The quantitative estimate of drug-likeness (QED) is 0.793. The van der Waals surface area contributed by atoms with E-state index in [-0.39, 0.29) is 17.8 Å². The van der Waals surface area contributed by atoms with E-state index < -0.39 is 0 Å². The summed E-state index contributed by atoms with van der Waals surface area (Å²) in [4.78, 5) is 25.2. The number of ether oxygens (including phenoxy) is 1. The summed E-state index contributed by atoms with van der Waals surface area (Å²) in [6, 6.07) is 6.30. The molecular weight excluding hydrogens is 359 g/mol. The number of carbonyl (C=O) groups is 1. The molecule has 1 amide bonds. The van der Waals surface area contributed by atoms with Gasteiger partial charge in [0.25, 0.3) is 0 Å². The highest BCUT2D eigenvalue weighted by molar-refractivity contribution is 5.73. The fraction of sp³-hybridized carbons (Fsp3) is 0.476. The molecule has 1 atom stereocenters. The van der Waals surface area contributed by atoms with Crippen LogP contribution in [0.2, 0.25) is 0 Å². The number of hydrogen-bond acceptors (Lipinski definition) is 5. The Morgan fingerprint density at radius 1 is 1.29 bits per heavy atom. The smallest absolute Gasteiger partial charge is 0.219 e. The first kappa shape index (κ1) is 18.8. The number of fused-ring (bicyclic) bond motifs is 1. The monoisotopic (exact) mass is 384 g/mol. The molecule has 0 saturated carbocycles. The number of carbonyl (C=O) groups excluding carboxylic acids is 1. The standard InChI is InChI=1S/C21H25FN4O2/c1-15(27)26-10-8-19-16(14-26)13-23-21(24-19)20-3-2-9-25(20)11-12-28-18-6-4-17(22)5-7-18/h4-7,13,20H,2-3,8-12,14H2,1H3/t20-/m0/s1. The summed E-state index contributed by atoms with van der Waals surface area (Å²) in [5.41, 5.74) is 2.12. The Labute approximate surface area is 164 Å². The number of nitrogens with zero attached hydrogens (tertiary/aromatic N) is 4. The van der Waals surface area contributed by atoms with E-state index in [0.29, 0.717) is 18.9 Å². The Hall–Kier alpha value is -2.54.